The van der Waals surface area contributed by atoms with E-state index in [0.717, 1.165) is 17.6 Å². The Labute approximate surface area is 214 Å². The van der Waals surface area contributed by atoms with Crippen LogP contribution in [0.1, 0.15) is 129 Å². The van der Waals surface area contributed by atoms with E-state index in [1.54, 1.807) is 0 Å². The molecule has 0 bridgehead atoms. The highest BCUT2D eigenvalue weighted by Gasteiger charge is 2.26. The maximum absolute atomic E-state index is 3.85. The summed E-state index contributed by atoms with van der Waals surface area (Å²) >= 11 is 0. The van der Waals surface area contributed by atoms with Gasteiger partial charge in [0.1, 0.15) is 12.7 Å². The molecule has 0 fully saturated rings. The maximum atomic E-state index is 3.85. The summed E-state index contributed by atoms with van der Waals surface area (Å²) in [7, 11) is 4.73. The van der Waals surface area contributed by atoms with Gasteiger partial charge in [-0.05, 0) is 6.42 Å². The monoisotopic (exact) mass is 480 g/mol. The largest absolute Gasteiger partial charge is 1.00 e. The van der Waals surface area contributed by atoms with Gasteiger partial charge in [0.25, 0.3) is 0 Å². The van der Waals surface area contributed by atoms with E-state index in [2.05, 4.69) is 63.6 Å². The SMILES string of the molecule is CCCCCCCCCCCCCCCCCCNC(CC)[N+](C)(C)Cc1ccccc1.[Cl-]. The number of nitrogens with zero attached hydrogens (tertiary/aromatic N) is 1. The van der Waals surface area contributed by atoms with Crippen molar-refractivity contribution in [2.24, 2.45) is 0 Å². The summed E-state index contributed by atoms with van der Waals surface area (Å²) in [6.45, 7) is 6.86. The highest BCUT2D eigenvalue weighted by atomic mass is 35.5. The first-order valence-corrected chi connectivity index (χ1v) is 14.2. The lowest BCUT2D eigenvalue weighted by molar-refractivity contribution is -0.931. The Hall–Kier alpha value is -0.570. The normalized spacial score (nSPS) is 12.5. The number of rotatable bonds is 22. The Bertz CT molecular complexity index is 517. The fourth-order valence-corrected chi connectivity index (χ4v) is 4.99. The van der Waals surface area contributed by atoms with Gasteiger partial charge in [0.2, 0.25) is 0 Å². The van der Waals surface area contributed by atoms with E-state index in [1.807, 2.05) is 0 Å². The summed E-state index contributed by atoms with van der Waals surface area (Å²) in [5, 5.41) is 3.85. The molecule has 0 aliphatic carbocycles. The average Bonchev–Trinajstić information content (AvgIpc) is 2.78. The van der Waals surface area contributed by atoms with Crippen LogP contribution in [0.3, 0.4) is 0 Å². The molecular weight excluding hydrogens is 424 g/mol. The predicted molar refractivity (Wildman–Crippen MR) is 144 cm³/mol. The van der Waals surface area contributed by atoms with Crippen LogP contribution in [0.25, 0.3) is 0 Å². The smallest absolute Gasteiger partial charge is 0.142 e. The van der Waals surface area contributed by atoms with Crippen LogP contribution in [-0.2, 0) is 6.54 Å². The highest BCUT2D eigenvalue weighted by Crippen LogP contribution is 2.16. The quantitative estimate of drug-likeness (QED) is 0.124. The van der Waals surface area contributed by atoms with Crippen LogP contribution in [0, 0.1) is 0 Å². The van der Waals surface area contributed by atoms with E-state index in [1.165, 1.54) is 115 Å². The van der Waals surface area contributed by atoms with Crippen LogP contribution < -0.4 is 17.7 Å². The Morgan fingerprint density at radius 3 is 1.48 bits per heavy atom. The summed E-state index contributed by atoms with van der Waals surface area (Å²) in [4.78, 5) is 0. The molecule has 0 saturated carbocycles. The molecule has 0 saturated heterocycles. The minimum atomic E-state index is 0. The van der Waals surface area contributed by atoms with Crippen molar-refractivity contribution in [2.45, 2.75) is 136 Å². The zero-order valence-electron chi connectivity index (χ0n) is 22.7. The first-order valence-electron chi connectivity index (χ1n) is 14.2. The van der Waals surface area contributed by atoms with Gasteiger partial charge >= 0.3 is 0 Å². The lowest BCUT2D eigenvalue weighted by atomic mass is 10.0. The van der Waals surface area contributed by atoms with Gasteiger partial charge in [-0.25, -0.2) is 0 Å². The first-order chi connectivity index (χ1) is 15.6. The van der Waals surface area contributed by atoms with Crippen molar-refractivity contribution < 1.29 is 16.9 Å². The van der Waals surface area contributed by atoms with Crippen molar-refractivity contribution in [1.82, 2.24) is 5.32 Å². The minimum absolute atomic E-state index is 0. The van der Waals surface area contributed by atoms with E-state index >= 15 is 0 Å². The van der Waals surface area contributed by atoms with Crippen molar-refractivity contribution in [2.75, 3.05) is 20.6 Å². The number of benzene rings is 1. The molecule has 194 valence electrons. The molecule has 0 amide bonds. The summed E-state index contributed by atoms with van der Waals surface area (Å²) in [6.07, 6.45) is 24.7. The second-order valence-corrected chi connectivity index (χ2v) is 10.6. The number of hydrogen-bond donors (Lipinski definition) is 1. The van der Waals surface area contributed by atoms with Crippen molar-refractivity contribution >= 4 is 0 Å². The molecule has 1 aromatic carbocycles. The molecule has 3 heteroatoms. The third-order valence-corrected chi connectivity index (χ3v) is 7.07. The van der Waals surface area contributed by atoms with Gasteiger partial charge in [-0.3, -0.25) is 5.32 Å². The van der Waals surface area contributed by atoms with Crippen LogP contribution in [0.5, 0.6) is 0 Å². The van der Waals surface area contributed by atoms with Crippen molar-refractivity contribution in [3.63, 3.8) is 0 Å². The van der Waals surface area contributed by atoms with Crippen molar-refractivity contribution in [1.29, 1.82) is 0 Å². The van der Waals surface area contributed by atoms with Gasteiger partial charge < -0.3 is 16.9 Å². The zero-order chi connectivity index (χ0) is 23.3. The van der Waals surface area contributed by atoms with Crippen LogP contribution in [-0.4, -0.2) is 31.3 Å². The van der Waals surface area contributed by atoms with E-state index < -0.39 is 0 Å². The van der Waals surface area contributed by atoms with Gasteiger partial charge in [0.15, 0.2) is 0 Å². The van der Waals surface area contributed by atoms with Gasteiger partial charge in [0.05, 0.1) is 14.1 Å². The second-order valence-electron chi connectivity index (χ2n) is 10.6. The molecule has 33 heavy (non-hydrogen) atoms. The molecule has 0 heterocycles. The van der Waals surface area contributed by atoms with E-state index in [4.69, 9.17) is 0 Å². The molecule has 0 aliphatic rings. The Kier molecular flexibility index (Phi) is 21.6. The number of halogens is 1. The molecule has 2 nitrogen and oxygen atoms in total. The number of quaternary nitrogens is 1. The summed E-state index contributed by atoms with van der Waals surface area (Å²) in [5.74, 6) is 0. The van der Waals surface area contributed by atoms with Crippen LogP contribution in [0.15, 0.2) is 30.3 Å². The van der Waals surface area contributed by atoms with Gasteiger partial charge in [-0.2, -0.15) is 0 Å². The average molecular weight is 481 g/mol. The number of unbranched alkanes of at least 4 members (excludes halogenated alkanes) is 15. The third-order valence-electron chi connectivity index (χ3n) is 7.07. The molecule has 1 unspecified atom stereocenters. The fourth-order valence-electron chi connectivity index (χ4n) is 4.99. The first kappa shape index (κ1) is 32.4. The highest BCUT2D eigenvalue weighted by molar-refractivity contribution is 5.13. The van der Waals surface area contributed by atoms with Gasteiger partial charge in [-0.1, -0.05) is 140 Å². The zero-order valence-corrected chi connectivity index (χ0v) is 23.5. The van der Waals surface area contributed by atoms with Crippen LogP contribution in [0.2, 0.25) is 0 Å². The summed E-state index contributed by atoms with van der Waals surface area (Å²) in [6, 6.07) is 10.9. The summed E-state index contributed by atoms with van der Waals surface area (Å²) in [5.41, 5.74) is 1.43. The minimum Gasteiger partial charge on any atom is -1.00 e. The maximum Gasteiger partial charge on any atom is 0.142 e. The Morgan fingerprint density at radius 1 is 0.636 bits per heavy atom. The van der Waals surface area contributed by atoms with Gasteiger partial charge in [0, 0.05) is 18.5 Å². The predicted octanol–water partition coefficient (Wildman–Crippen LogP) is 5.85. The van der Waals surface area contributed by atoms with E-state index in [0.29, 0.717) is 6.17 Å². The third kappa shape index (κ3) is 17.5. The van der Waals surface area contributed by atoms with Crippen molar-refractivity contribution in [3.05, 3.63) is 35.9 Å². The standard InChI is InChI=1S/C30H57N2.ClH/c1-5-7-8-9-10-11-12-13-14-15-16-17-18-19-20-24-27-31-30(6-2)32(3,4)28-29-25-22-21-23-26-29;/h21-23,25-26,30-31H,5-20,24,27-28H2,1-4H3;1H/q+1;/p-1. The molecule has 0 aromatic heterocycles. The molecule has 0 spiro atoms. The lowest BCUT2D eigenvalue weighted by Gasteiger charge is -2.38. The van der Waals surface area contributed by atoms with E-state index in [-0.39, 0.29) is 12.4 Å². The van der Waals surface area contributed by atoms with Gasteiger partial charge in [-0.15, -0.1) is 0 Å². The number of hydrogen-bond acceptors (Lipinski definition) is 1. The fraction of sp³-hybridized carbons (Fsp3) is 0.800. The topological polar surface area (TPSA) is 12.0 Å². The lowest BCUT2D eigenvalue weighted by Crippen LogP contribution is -3.00. The Morgan fingerprint density at radius 2 is 1.06 bits per heavy atom. The number of nitrogens with one attached hydrogen (secondary N) is 1. The van der Waals surface area contributed by atoms with E-state index in [9.17, 15) is 0 Å². The summed E-state index contributed by atoms with van der Waals surface area (Å²) < 4.78 is 1.01. The molecule has 1 rings (SSSR count). The molecule has 1 N–H and O–H groups in total. The molecule has 0 radical (unpaired) electrons. The molecule has 0 aliphatic heterocycles. The Balaban J connectivity index is 0.0000102. The van der Waals surface area contributed by atoms with Crippen molar-refractivity contribution in [3.8, 4) is 0 Å². The molecule has 1 atom stereocenters. The van der Waals surface area contributed by atoms with Crippen LogP contribution in [0.4, 0.5) is 0 Å². The van der Waals surface area contributed by atoms with Crippen LogP contribution >= 0.6 is 0 Å². The molecule has 1 aromatic rings. The second kappa shape index (κ2) is 21.9. The molecular formula is C30H57ClN2.